The van der Waals surface area contributed by atoms with Crippen LogP contribution in [0.2, 0.25) is 0 Å². The van der Waals surface area contributed by atoms with Crippen LogP contribution in [0.3, 0.4) is 0 Å². The van der Waals surface area contributed by atoms with E-state index in [-0.39, 0.29) is 23.9 Å². The van der Waals surface area contributed by atoms with Crippen molar-refractivity contribution < 1.29 is 16.8 Å². The first-order valence-corrected chi connectivity index (χ1v) is 20.8. The van der Waals surface area contributed by atoms with Gasteiger partial charge in [-0.15, -0.1) is 0 Å². The molecule has 0 aromatic heterocycles. The van der Waals surface area contributed by atoms with E-state index in [1.54, 1.807) is 4.31 Å². The minimum atomic E-state index is -3.98. The molecule has 274 valence electrons. The first kappa shape index (κ1) is 38.8. The van der Waals surface area contributed by atoms with Gasteiger partial charge in [-0.2, -0.15) is 4.31 Å². The molecule has 0 saturated carbocycles. The van der Waals surface area contributed by atoms with Gasteiger partial charge in [0.05, 0.1) is 9.79 Å². The topological polar surface area (TPSA) is 90.0 Å². The second-order valence-corrected chi connectivity index (χ2v) is 17.9. The molecule has 51 heavy (non-hydrogen) atoms. The Labute approximate surface area is 306 Å². The van der Waals surface area contributed by atoms with Crippen LogP contribution in [-0.2, 0) is 33.1 Å². The lowest BCUT2D eigenvalue weighted by Gasteiger charge is -2.41. The Balaban J connectivity index is 1.59. The predicted molar refractivity (Wildman–Crippen MR) is 207 cm³/mol. The van der Waals surface area contributed by atoms with E-state index in [9.17, 15) is 16.8 Å². The summed E-state index contributed by atoms with van der Waals surface area (Å²) in [5.41, 5.74) is 7.12. The molecule has 0 radical (unpaired) electrons. The van der Waals surface area contributed by atoms with Crippen LogP contribution >= 0.6 is 0 Å². The number of aryl methyl sites for hydroxylation is 6. The number of hydrogen-bond acceptors (Lipinski definition) is 6. The predicted octanol–water partition coefficient (Wildman–Crippen LogP) is 6.53. The molecule has 0 bridgehead atoms. The van der Waals surface area contributed by atoms with Gasteiger partial charge in [0.2, 0.25) is 20.0 Å². The fourth-order valence-corrected chi connectivity index (χ4v) is 11.5. The Kier molecular flexibility index (Phi) is 12.6. The first-order chi connectivity index (χ1) is 24.2. The zero-order valence-corrected chi connectivity index (χ0v) is 32.8. The number of rotatable bonds is 12. The van der Waals surface area contributed by atoms with E-state index in [2.05, 4.69) is 38.8 Å². The van der Waals surface area contributed by atoms with E-state index in [1.165, 1.54) is 0 Å². The Morgan fingerprint density at radius 1 is 0.647 bits per heavy atom. The first-order valence-electron chi connectivity index (χ1n) is 17.9. The van der Waals surface area contributed by atoms with Gasteiger partial charge >= 0.3 is 0 Å². The van der Waals surface area contributed by atoms with E-state index in [1.807, 2.05) is 109 Å². The normalized spacial score (nSPS) is 18.1. The molecule has 8 nitrogen and oxygen atoms in total. The highest BCUT2D eigenvalue weighted by Gasteiger charge is 2.37. The molecule has 0 unspecified atom stereocenters. The van der Waals surface area contributed by atoms with E-state index in [0.29, 0.717) is 53.3 Å². The number of hydrogen-bond donors (Lipinski definition) is 1. The van der Waals surface area contributed by atoms with Crippen LogP contribution in [0.15, 0.2) is 94.7 Å². The molecule has 5 rings (SSSR count). The summed E-state index contributed by atoms with van der Waals surface area (Å²) in [7, 11) is -7.88. The van der Waals surface area contributed by atoms with Crippen molar-refractivity contribution >= 4 is 20.0 Å². The molecule has 1 heterocycles. The zero-order valence-electron chi connectivity index (χ0n) is 31.2. The largest absolute Gasteiger partial charge is 0.297 e. The van der Waals surface area contributed by atoms with E-state index >= 15 is 0 Å². The van der Waals surface area contributed by atoms with Crippen molar-refractivity contribution in [1.82, 2.24) is 18.8 Å². The molecule has 2 atom stereocenters. The molecule has 4 aromatic carbocycles. The van der Waals surface area contributed by atoms with Gasteiger partial charge in [0.15, 0.2) is 0 Å². The minimum Gasteiger partial charge on any atom is -0.297 e. The molecular formula is C41H54N4O4S2. The average molecular weight is 731 g/mol. The van der Waals surface area contributed by atoms with E-state index < -0.39 is 26.1 Å². The third-order valence-corrected chi connectivity index (χ3v) is 14.0. The summed E-state index contributed by atoms with van der Waals surface area (Å²) in [4.78, 5) is 5.27. The third-order valence-electron chi connectivity index (χ3n) is 9.92. The fourth-order valence-electron chi connectivity index (χ4n) is 7.85. The van der Waals surface area contributed by atoms with Crippen molar-refractivity contribution in [3.05, 3.63) is 129 Å². The maximum Gasteiger partial charge on any atom is 0.243 e. The van der Waals surface area contributed by atoms with Crippen LogP contribution < -0.4 is 4.72 Å². The lowest BCUT2D eigenvalue weighted by Crippen LogP contribution is -2.57. The molecule has 1 saturated heterocycles. The zero-order chi connectivity index (χ0) is 36.9. The number of nitrogens with one attached hydrogen (secondary N) is 1. The molecule has 1 fully saturated rings. The quantitative estimate of drug-likeness (QED) is 0.179. The number of benzene rings is 4. The molecule has 0 spiro atoms. The molecule has 4 aromatic rings. The van der Waals surface area contributed by atoms with Gasteiger partial charge in [-0.1, -0.05) is 103 Å². The van der Waals surface area contributed by atoms with Crippen molar-refractivity contribution in [2.75, 3.05) is 39.3 Å². The van der Waals surface area contributed by atoms with Crippen LogP contribution in [0.4, 0.5) is 0 Å². The number of nitrogens with zero attached hydrogens (tertiary/aromatic N) is 3. The van der Waals surface area contributed by atoms with Gasteiger partial charge in [-0.3, -0.25) is 9.80 Å². The van der Waals surface area contributed by atoms with Gasteiger partial charge in [0.25, 0.3) is 0 Å². The van der Waals surface area contributed by atoms with Gasteiger partial charge in [-0.25, -0.2) is 21.6 Å². The maximum absolute atomic E-state index is 14.5. The lowest BCUT2D eigenvalue weighted by molar-refractivity contribution is 0.104. The fraction of sp³-hybridized carbons (Fsp3) is 0.415. The summed E-state index contributed by atoms with van der Waals surface area (Å²) in [6, 6.07) is 27.5. The van der Waals surface area contributed by atoms with E-state index in [4.69, 9.17) is 0 Å². The van der Waals surface area contributed by atoms with E-state index in [0.717, 1.165) is 35.3 Å². The molecule has 1 N–H and O–H groups in total. The smallest absolute Gasteiger partial charge is 0.243 e. The Morgan fingerprint density at radius 2 is 1.08 bits per heavy atom. The molecular weight excluding hydrogens is 677 g/mol. The van der Waals surface area contributed by atoms with Crippen LogP contribution in [0.1, 0.15) is 51.4 Å². The molecule has 1 aliphatic rings. The van der Waals surface area contributed by atoms with Crippen molar-refractivity contribution in [2.45, 2.75) is 77.4 Å². The Bertz CT molecular complexity index is 1970. The van der Waals surface area contributed by atoms with Crippen LogP contribution in [0.5, 0.6) is 0 Å². The van der Waals surface area contributed by atoms with Crippen molar-refractivity contribution in [3.63, 3.8) is 0 Å². The molecule has 0 aliphatic carbocycles. The van der Waals surface area contributed by atoms with Crippen molar-refractivity contribution in [3.8, 4) is 0 Å². The van der Waals surface area contributed by atoms with Crippen LogP contribution in [0, 0.1) is 47.5 Å². The Hall–Kier alpha value is -3.38. The minimum absolute atomic E-state index is 0.162. The standard InChI is InChI=1S/C41H54N4O4S2/c1-8-45(51(48,49)41-34(6)23-31(3)24-35(41)7)28-38-27-43(25-36-15-11-9-12-16-36)19-20-44(26-37-17-13-10-14-18-37)29-39(38)42-50(46,47)40-32(4)21-30(2)22-33(40)5/h9-18,21-24,38-39,42H,8,19-20,25-29H2,1-7H3/t38-,39+/m1/s1. The highest BCUT2D eigenvalue weighted by molar-refractivity contribution is 7.89. The summed E-state index contributed by atoms with van der Waals surface area (Å²) in [5, 5.41) is 0. The maximum atomic E-state index is 14.5. The SMILES string of the molecule is CCN(C[C@H]1CN(Cc2ccccc2)CCN(Cc2ccccc2)C[C@@H]1NS(=O)(=O)c1c(C)cc(C)cc1C)S(=O)(=O)c1c(C)cc(C)cc1C. The Morgan fingerprint density at radius 3 is 1.53 bits per heavy atom. The molecule has 0 amide bonds. The summed E-state index contributed by atoms with van der Waals surface area (Å²) in [6.07, 6.45) is 0. The van der Waals surface area contributed by atoms with Gasteiger partial charge in [0, 0.05) is 64.3 Å². The number of sulfonamides is 2. The second-order valence-electron chi connectivity index (χ2n) is 14.3. The van der Waals surface area contributed by atoms with Crippen LogP contribution in [0.25, 0.3) is 0 Å². The van der Waals surface area contributed by atoms with Gasteiger partial charge < -0.3 is 0 Å². The second kappa shape index (κ2) is 16.5. The van der Waals surface area contributed by atoms with Crippen LogP contribution in [-0.4, -0.2) is 76.3 Å². The third kappa shape index (κ3) is 9.54. The van der Waals surface area contributed by atoms with Gasteiger partial charge in [0.1, 0.15) is 0 Å². The monoisotopic (exact) mass is 730 g/mol. The summed E-state index contributed by atoms with van der Waals surface area (Å²) in [5.74, 6) is -0.367. The van der Waals surface area contributed by atoms with Gasteiger partial charge in [-0.05, 0) is 74.9 Å². The summed E-state index contributed by atoms with van der Waals surface area (Å²) in [6.45, 7) is 17.3. The van der Waals surface area contributed by atoms with Crippen molar-refractivity contribution in [1.29, 1.82) is 0 Å². The lowest BCUT2D eigenvalue weighted by atomic mass is 9.97. The highest BCUT2D eigenvalue weighted by atomic mass is 32.2. The van der Waals surface area contributed by atoms with Crippen molar-refractivity contribution in [2.24, 2.45) is 5.92 Å². The molecule has 10 heteroatoms. The molecule has 1 aliphatic heterocycles. The summed E-state index contributed by atoms with van der Waals surface area (Å²) < 4.78 is 62.7. The highest BCUT2D eigenvalue weighted by Crippen LogP contribution is 2.29. The summed E-state index contributed by atoms with van der Waals surface area (Å²) >= 11 is 0. The average Bonchev–Trinajstić information content (AvgIpc) is 3.03.